The van der Waals surface area contributed by atoms with E-state index in [1.165, 1.54) is 13.4 Å². The van der Waals surface area contributed by atoms with Gasteiger partial charge in [-0.2, -0.15) is 0 Å². The van der Waals surface area contributed by atoms with Crippen molar-refractivity contribution < 1.29 is 18.7 Å². The Labute approximate surface area is 162 Å². The van der Waals surface area contributed by atoms with Gasteiger partial charge in [-0.05, 0) is 37.1 Å². The molecule has 8 heteroatoms. The highest BCUT2D eigenvalue weighted by molar-refractivity contribution is 6.32. The first kappa shape index (κ1) is 19.3. The van der Waals surface area contributed by atoms with Crippen LogP contribution >= 0.6 is 11.6 Å². The van der Waals surface area contributed by atoms with E-state index in [0.717, 1.165) is 12.8 Å². The molecule has 2 heterocycles. The summed E-state index contributed by atoms with van der Waals surface area (Å²) in [4.78, 5) is 26.3. The van der Waals surface area contributed by atoms with E-state index in [1.54, 1.807) is 35.2 Å². The Morgan fingerprint density at radius 2 is 2.22 bits per heavy atom. The minimum absolute atomic E-state index is 0.0585. The number of hydrogen-bond donors (Lipinski definition) is 2. The van der Waals surface area contributed by atoms with Gasteiger partial charge in [0.25, 0.3) is 5.91 Å². The molecule has 0 unspecified atom stereocenters. The summed E-state index contributed by atoms with van der Waals surface area (Å²) in [6.45, 7) is 1.38. The van der Waals surface area contributed by atoms with Crippen molar-refractivity contribution in [3.63, 3.8) is 0 Å². The molecule has 0 radical (unpaired) electrons. The number of benzene rings is 1. The molecule has 0 aliphatic carbocycles. The zero-order valence-corrected chi connectivity index (χ0v) is 15.8. The molecule has 7 nitrogen and oxygen atoms in total. The van der Waals surface area contributed by atoms with E-state index < -0.39 is 0 Å². The number of hydrogen-bond acceptors (Lipinski definition) is 5. The van der Waals surface area contributed by atoms with Crippen LogP contribution in [0, 0.1) is 0 Å². The molecule has 1 aliphatic heterocycles. The fourth-order valence-corrected chi connectivity index (χ4v) is 3.26. The molecule has 1 aliphatic rings. The Kier molecular flexibility index (Phi) is 6.36. The number of likely N-dealkylation sites (tertiary alicyclic amines) is 1. The summed E-state index contributed by atoms with van der Waals surface area (Å²) in [7, 11) is 1.52. The number of furan rings is 1. The van der Waals surface area contributed by atoms with Crippen LogP contribution in [0.5, 0.6) is 5.75 Å². The summed E-state index contributed by atoms with van der Waals surface area (Å²) < 4.78 is 10.3. The molecule has 3 rings (SSSR count). The van der Waals surface area contributed by atoms with Crippen LogP contribution in [0.3, 0.4) is 0 Å². The molecule has 0 saturated carbocycles. The molecular weight excluding hydrogens is 370 g/mol. The Morgan fingerprint density at radius 1 is 1.37 bits per heavy atom. The number of piperidine rings is 1. The lowest BCUT2D eigenvalue weighted by Gasteiger charge is -2.32. The Hall–Kier alpha value is -2.51. The number of halogens is 1. The third kappa shape index (κ3) is 5.02. The van der Waals surface area contributed by atoms with Crippen LogP contribution in [0.1, 0.15) is 23.4 Å². The molecular formula is C19H22ClN3O4. The van der Waals surface area contributed by atoms with Crippen LogP contribution in [-0.4, -0.2) is 49.5 Å². The van der Waals surface area contributed by atoms with Crippen molar-refractivity contribution in [3.05, 3.63) is 47.4 Å². The van der Waals surface area contributed by atoms with Gasteiger partial charge in [0.15, 0.2) is 5.76 Å². The van der Waals surface area contributed by atoms with Gasteiger partial charge in [0.2, 0.25) is 5.91 Å². The molecule has 1 saturated heterocycles. The molecule has 27 heavy (non-hydrogen) atoms. The van der Waals surface area contributed by atoms with Crippen molar-refractivity contribution in [2.45, 2.75) is 18.9 Å². The molecule has 2 N–H and O–H groups in total. The van der Waals surface area contributed by atoms with Crippen molar-refractivity contribution in [2.24, 2.45) is 0 Å². The van der Waals surface area contributed by atoms with E-state index in [1.807, 2.05) is 0 Å². The molecule has 1 fully saturated rings. The van der Waals surface area contributed by atoms with Crippen LogP contribution in [0.2, 0.25) is 5.02 Å². The number of nitrogens with zero attached hydrogens (tertiary/aromatic N) is 1. The average Bonchev–Trinajstić information content (AvgIpc) is 3.22. The van der Waals surface area contributed by atoms with Crippen LogP contribution in [0.25, 0.3) is 0 Å². The van der Waals surface area contributed by atoms with Gasteiger partial charge in [0.05, 0.1) is 24.9 Å². The number of carbonyl (C=O) groups excluding carboxylic acids is 2. The second-order valence-electron chi connectivity index (χ2n) is 6.35. The van der Waals surface area contributed by atoms with E-state index in [0.29, 0.717) is 35.3 Å². The maximum Gasteiger partial charge on any atom is 0.289 e. The number of anilines is 1. The summed E-state index contributed by atoms with van der Waals surface area (Å²) in [6, 6.07) is 8.47. The van der Waals surface area contributed by atoms with Gasteiger partial charge >= 0.3 is 0 Å². The minimum atomic E-state index is -0.172. The first-order valence-corrected chi connectivity index (χ1v) is 9.14. The third-order valence-corrected chi connectivity index (χ3v) is 4.74. The lowest BCUT2D eigenvalue weighted by Crippen LogP contribution is -2.49. The van der Waals surface area contributed by atoms with Gasteiger partial charge in [-0.15, -0.1) is 0 Å². The van der Waals surface area contributed by atoms with E-state index in [9.17, 15) is 9.59 Å². The zero-order chi connectivity index (χ0) is 19.2. The quantitative estimate of drug-likeness (QED) is 0.791. The summed E-state index contributed by atoms with van der Waals surface area (Å²) in [6.07, 6.45) is 3.27. The van der Waals surface area contributed by atoms with Crippen LogP contribution in [0.15, 0.2) is 41.0 Å². The maximum absolute atomic E-state index is 12.4. The average molecular weight is 392 g/mol. The summed E-state index contributed by atoms with van der Waals surface area (Å²) >= 11 is 5.98. The van der Waals surface area contributed by atoms with Crippen LogP contribution < -0.4 is 15.4 Å². The van der Waals surface area contributed by atoms with Crippen molar-refractivity contribution >= 4 is 29.1 Å². The Morgan fingerprint density at radius 3 is 2.96 bits per heavy atom. The van der Waals surface area contributed by atoms with Crippen molar-refractivity contribution in [3.8, 4) is 5.75 Å². The van der Waals surface area contributed by atoms with E-state index >= 15 is 0 Å². The highest BCUT2D eigenvalue weighted by Gasteiger charge is 2.25. The smallest absolute Gasteiger partial charge is 0.289 e. The SMILES string of the molecule is COc1cc(NC(=O)CN[C@H]2CCCN(C(=O)c3ccco3)C2)ccc1Cl. The first-order chi connectivity index (χ1) is 13.1. The van der Waals surface area contributed by atoms with Crippen molar-refractivity contribution in [1.29, 1.82) is 0 Å². The fraction of sp³-hybridized carbons (Fsp3) is 0.368. The molecule has 0 bridgehead atoms. The molecule has 2 amide bonds. The number of rotatable bonds is 6. The Balaban J connectivity index is 1.49. The predicted octanol–water partition coefficient (Wildman–Crippen LogP) is 2.77. The largest absolute Gasteiger partial charge is 0.495 e. The predicted molar refractivity (Wildman–Crippen MR) is 102 cm³/mol. The monoisotopic (exact) mass is 391 g/mol. The van der Waals surface area contributed by atoms with E-state index in [4.69, 9.17) is 20.8 Å². The van der Waals surface area contributed by atoms with Gasteiger partial charge in [-0.1, -0.05) is 11.6 Å². The lowest BCUT2D eigenvalue weighted by molar-refractivity contribution is -0.115. The van der Waals surface area contributed by atoms with Gasteiger partial charge < -0.3 is 24.7 Å². The van der Waals surface area contributed by atoms with Crippen LogP contribution in [-0.2, 0) is 4.79 Å². The second kappa shape index (κ2) is 8.92. The van der Waals surface area contributed by atoms with Gasteiger partial charge in [-0.3, -0.25) is 9.59 Å². The molecule has 0 spiro atoms. The highest BCUT2D eigenvalue weighted by Crippen LogP contribution is 2.27. The number of ether oxygens (including phenoxy) is 1. The lowest BCUT2D eigenvalue weighted by atomic mass is 10.1. The van der Waals surface area contributed by atoms with E-state index in [-0.39, 0.29) is 24.4 Å². The topological polar surface area (TPSA) is 83.8 Å². The molecule has 1 aromatic carbocycles. The Bertz CT molecular complexity index is 794. The normalized spacial score (nSPS) is 16.8. The maximum atomic E-state index is 12.4. The summed E-state index contributed by atoms with van der Waals surface area (Å²) in [5, 5.41) is 6.51. The zero-order valence-electron chi connectivity index (χ0n) is 15.0. The number of carbonyl (C=O) groups is 2. The van der Waals surface area contributed by atoms with Crippen molar-refractivity contribution in [2.75, 3.05) is 32.1 Å². The number of nitrogens with one attached hydrogen (secondary N) is 2. The van der Waals surface area contributed by atoms with Crippen LogP contribution in [0.4, 0.5) is 5.69 Å². The standard InChI is InChI=1S/C19H22ClN3O4/c1-26-17-10-13(6-7-15(17)20)22-18(24)11-21-14-4-2-8-23(12-14)19(25)16-5-3-9-27-16/h3,5-7,9-10,14,21H,2,4,8,11-12H2,1H3,(H,22,24)/t14-/m0/s1. The van der Waals surface area contributed by atoms with Crippen molar-refractivity contribution in [1.82, 2.24) is 10.2 Å². The summed E-state index contributed by atoms with van der Waals surface area (Å²) in [5.41, 5.74) is 0.612. The van der Waals surface area contributed by atoms with Gasteiger partial charge in [0.1, 0.15) is 5.75 Å². The van der Waals surface area contributed by atoms with Gasteiger partial charge in [0, 0.05) is 30.9 Å². The van der Waals surface area contributed by atoms with Gasteiger partial charge in [-0.25, -0.2) is 0 Å². The molecule has 2 aromatic rings. The first-order valence-electron chi connectivity index (χ1n) is 8.76. The van der Waals surface area contributed by atoms with E-state index in [2.05, 4.69) is 10.6 Å². The number of methoxy groups -OCH3 is 1. The summed E-state index contributed by atoms with van der Waals surface area (Å²) in [5.74, 6) is 0.546. The molecule has 144 valence electrons. The fourth-order valence-electron chi connectivity index (χ4n) is 3.06. The molecule has 1 aromatic heterocycles. The number of amides is 2. The third-order valence-electron chi connectivity index (χ3n) is 4.43. The molecule has 1 atom stereocenters. The second-order valence-corrected chi connectivity index (χ2v) is 6.75. The minimum Gasteiger partial charge on any atom is -0.495 e. The highest BCUT2D eigenvalue weighted by atomic mass is 35.5.